The molecule has 0 fully saturated rings. The third kappa shape index (κ3) is 3.06. The zero-order valence-electron chi connectivity index (χ0n) is 14.2. The fraction of sp³-hybridized carbons (Fsp3) is 0.250. The van der Waals surface area contributed by atoms with Crippen molar-refractivity contribution < 1.29 is 14.7 Å². The Hall–Kier alpha value is -3.15. The summed E-state index contributed by atoms with van der Waals surface area (Å²) < 4.78 is 0. The van der Waals surface area contributed by atoms with Gasteiger partial charge in [0.2, 0.25) is 5.91 Å². The molecule has 26 heavy (non-hydrogen) atoms. The summed E-state index contributed by atoms with van der Waals surface area (Å²) in [7, 11) is 0. The highest BCUT2D eigenvalue weighted by atomic mass is 16.4. The molecular weight excluding hydrogens is 330 g/mol. The molecule has 0 bridgehead atoms. The molecule has 0 spiro atoms. The summed E-state index contributed by atoms with van der Waals surface area (Å²) in [6.07, 6.45) is 2.05. The number of carboxylic acids is 1. The lowest BCUT2D eigenvalue weighted by atomic mass is 9.93. The van der Waals surface area contributed by atoms with Crippen LogP contribution in [0.4, 0.5) is 0 Å². The van der Waals surface area contributed by atoms with E-state index in [1.54, 1.807) is 11.1 Å². The summed E-state index contributed by atoms with van der Waals surface area (Å²) in [4.78, 5) is 26.1. The number of amides is 1. The minimum atomic E-state index is -0.948. The van der Waals surface area contributed by atoms with E-state index in [1.807, 2.05) is 42.5 Å². The number of hydrogen-bond donors (Lipinski definition) is 2. The molecular formula is C20H19N3O3. The Bertz CT molecular complexity index is 965. The third-order valence-corrected chi connectivity index (χ3v) is 4.95. The van der Waals surface area contributed by atoms with Crippen molar-refractivity contribution in [3.05, 3.63) is 65.4 Å². The van der Waals surface area contributed by atoms with Crippen LogP contribution in [0.5, 0.6) is 0 Å². The van der Waals surface area contributed by atoms with Crippen molar-refractivity contribution in [2.75, 3.05) is 0 Å². The van der Waals surface area contributed by atoms with Crippen LogP contribution in [0.15, 0.2) is 48.7 Å². The van der Waals surface area contributed by atoms with Gasteiger partial charge in [-0.15, -0.1) is 0 Å². The Balaban J connectivity index is 1.76. The van der Waals surface area contributed by atoms with Gasteiger partial charge in [0.25, 0.3) is 0 Å². The van der Waals surface area contributed by atoms with Gasteiger partial charge in [-0.3, -0.25) is 14.7 Å². The van der Waals surface area contributed by atoms with Gasteiger partial charge in [-0.25, -0.2) is 0 Å². The van der Waals surface area contributed by atoms with Crippen LogP contribution in [0.1, 0.15) is 23.1 Å². The maximum atomic E-state index is 13.1. The van der Waals surface area contributed by atoms with E-state index in [9.17, 15) is 14.7 Å². The number of fused-ring (bicyclic) bond motifs is 3. The number of aromatic amines is 1. The summed E-state index contributed by atoms with van der Waals surface area (Å²) >= 11 is 0. The van der Waals surface area contributed by atoms with Gasteiger partial charge in [0.15, 0.2) is 0 Å². The Morgan fingerprint density at radius 1 is 1.23 bits per heavy atom. The topological polar surface area (TPSA) is 86.3 Å². The predicted molar refractivity (Wildman–Crippen MR) is 96.2 cm³/mol. The normalized spacial score (nSPS) is 17.2. The molecule has 0 aliphatic carbocycles. The minimum Gasteiger partial charge on any atom is -0.481 e. The first-order valence-corrected chi connectivity index (χ1v) is 8.60. The molecule has 1 unspecified atom stereocenters. The highest BCUT2D eigenvalue weighted by molar-refractivity contribution is 5.87. The van der Waals surface area contributed by atoms with Gasteiger partial charge in [0.05, 0.1) is 24.1 Å². The van der Waals surface area contributed by atoms with Crippen LogP contribution < -0.4 is 0 Å². The van der Waals surface area contributed by atoms with E-state index in [0.29, 0.717) is 19.5 Å². The monoisotopic (exact) mass is 349 g/mol. The van der Waals surface area contributed by atoms with Gasteiger partial charge >= 0.3 is 5.97 Å². The van der Waals surface area contributed by atoms with Crippen LogP contribution in [0.25, 0.3) is 10.9 Å². The number of benzene rings is 2. The van der Waals surface area contributed by atoms with Gasteiger partial charge in [-0.1, -0.05) is 36.4 Å². The quantitative estimate of drug-likeness (QED) is 0.758. The van der Waals surface area contributed by atoms with Gasteiger partial charge in [-0.05, 0) is 29.2 Å². The number of aliphatic carboxylic acids is 1. The van der Waals surface area contributed by atoms with E-state index in [-0.39, 0.29) is 12.3 Å². The SMILES string of the molecule is O=C(O)CC1Cc2ccc3[nH]ncc3c2CN(Cc2ccccc2)C1=O. The van der Waals surface area contributed by atoms with Gasteiger partial charge in [-0.2, -0.15) is 5.10 Å². The summed E-state index contributed by atoms with van der Waals surface area (Å²) in [6.45, 7) is 0.916. The third-order valence-electron chi connectivity index (χ3n) is 4.95. The largest absolute Gasteiger partial charge is 0.481 e. The van der Waals surface area contributed by atoms with Crippen LogP contribution in [0.3, 0.4) is 0 Å². The molecule has 1 aromatic heterocycles. The molecule has 2 N–H and O–H groups in total. The number of rotatable bonds is 4. The number of hydrogen-bond acceptors (Lipinski definition) is 3. The van der Waals surface area contributed by atoms with E-state index in [4.69, 9.17) is 0 Å². The number of H-pyrrole nitrogens is 1. The number of aromatic nitrogens is 2. The Kier molecular flexibility index (Phi) is 4.16. The maximum absolute atomic E-state index is 13.1. The summed E-state index contributed by atoms with van der Waals surface area (Å²) in [6, 6.07) is 13.7. The second-order valence-electron chi connectivity index (χ2n) is 6.71. The van der Waals surface area contributed by atoms with Crippen molar-refractivity contribution in [2.24, 2.45) is 5.92 Å². The molecule has 4 rings (SSSR count). The van der Waals surface area contributed by atoms with Crippen molar-refractivity contribution in [3.8, 4) is 0 Å². The van der Waals surface area contributed by atoms with Gasteiger partial charge < -0.3 is 10.0 Å². The molecule has 6 heteroatoms. The van der Waals surface area contributed by atoms with E-state index in [0.717, 1.165) is 27.6 Å². The first-order valence-electron chi connectivity index (χ1n) is 8.60. The number of nitrogens with one attached hydrogen (secondary N) is 1. The van der Waals surface area contributed by atoms with Crippen molar-refractivity contribution in [1.82, 2.24) is 15.1 Å². The van der Waals surface area contributed by atoms with Crippen LogP contribution in [-0.2, 0) is 29.1 Å². The van der Waals surface area contributed by atoms with Crippen LogP contribution in [0, 0.1) is 5.92 Å². The van der Waals surface area contributed by atoms with E-state index in [1.165, 1.54) is 0 Å². The molecule has 6 nitrogen and oxygen atoms in total. The smallest absolute Gasteiger partial charge is 0.304 e. The second-order valence-corrected chi connectivity index (χ2v) is 6.71. The molecule has 2 aromatic carbocycles. The van der Waals surface area contributed by atoms with Crippen molar-refractivity contribution in [3.63, 3.8) is 0 Å². The number of nitrogens with zero attached hydrogens (tertiary/aromatic N) is 2. The van der Waals surface area contributed by atoms with Crippen LogP contribution >= 0.6 is 0 Å². The number of carboxylic acid groups (broad SMARTS) is 1. The zero-order valence-corrected chi connectivity index (χ0v) is 14.2. The Morgan fingerprint density at radius 3 is 2.81 bits per heavy atom. The Labute approximate surface area is 150 Å². The number of carbonyl (C=O) groups excluding carboxylic acids is 1. The molecule has 1 aliphatic rings. The molecule has 1 aliphatic heterocycles. The molecule has 1 amide bonds. The lowest BCUT2D eigenvalue weighted by Gasteiger charge is -2.24. The fourth-order valence-corrected chi connectivity index (χ4v) is 3.69. The molecule has 2 heterocycles. The van der Waals surface area contributed by atoms with Crippen molar-refractivity contribution in [1.29, 1.82) is 0 Å². The van der Waals surface area contributed by atoms with Crippen molar-refractivity contribution in [2.45, 2.75) is 25.9 Å². The van der Waals surface area contributed by atoms with Crippen molar-refractivity contribution >= 4 is 22.8 Å². The summed E-state index contributed by atoms with van der Waals surface area (Å²) in [5, 5.41) is 17.3. The van der Waals surface area contributed by atoms with Gasteiger partial charge in [0, 0.05) is 18.5 Å². The van der Waals surface area contributed by atoms with E-state index < -0.39 is 11.9 Å². The molecule has 132 valence electrons. The molecule has 0 saturated carbocycles. The maximum Gasteiger partial charge on any atom is 0.304 e. The molecule has 3 aromatic rings. The Morgan fingerprint density at radius 2 is 2.04 bits per heavy atom. The average molecular weight is 349 g/mol. The van der Waals surface area contributed by atoms with Crippen LogP contribution in [0.2, 0.25) is 0 Å². The second kappa shape index (κ2) is 6.63. The highest BCUT2D eigenvalue weighted by Gasteiger charge is 2.32. The first kappa shape index (κ1) is 16.3. The predicted octanol–water partition coefficient (Wildman–Crippen LogP) is 2.74. The van der Waals surface area contributed by atoms with E-state index >= 15 is 0 Å². The van der Waals surface area contributed by atoms with E-state index in [2.05, 4.69) is 10.2 Å². The zero-order chi connectivity index (χ0) is 18.1. The first-order chi connectivity index (χ1) is 12.6. The van der Waals surface area contributed by atoms with Crippen LogP contribution in [-0.4, -0.2) is 32.1 Å². The molecule has 0 saturated heterocycles. The lowest BCUT2D eigenvalue weighted by Crippen LogP contribution is -2.35. The fourth-order valence-electron chi connectivity index (χ4n) is 3.69. The average Bonchev–Trinajstić information content (AvgIpc) is 3.06. The summed E-state index contributed by atoms with van der Waals surface area (Å²) in [5.41, 5.74) is 4.02. The standard InChI is InChI=1S/C20H19N3O3/c24-19(25)9-15-8-14-6-7-18-16(10-21-22-18)17(14)12-23(20(15)26)11-13-4-2-1-3-5-13/h1-7,10,15H,8-9,11-12H2,(H,21,22)(H,24,25). The molecule has 1 atom stereocenters. The lowest BCUT2D eigenvalue weighted by molar-refractivity contribution is -0.144. The molecule has 0 radical (unpaired) electrons. The highest BCUT2D eigenvalue weighted by Crippen LogP contribution is 2.30. The summed E-state index contributed by atoms with van der Waals surface area (Å²) in [5.74, 6) is -1.61. The van der Waals surface area contributed by atoms with Gasteiger partial charge in [0.1, 0.15) is 0 Å². The minimum absolute atomic E-state index is 0.107. The number of carbonyl (C=O) groups is 2.